The van der Waals surface area contributed by atoms with Crippen LogP contribution in [0.2, 0.25) is 0 Å². The minimum Gasteiger partial charge on any atom is -0.376 e. The zero-order chi connectivity index (χ0) is 11.2. The van der Waals surface area contributed by atoms with E-state index in [9.17, 15) is 4.79 Å². The second kappa shape index (κ2) is 6.18. The van der Waals surface area contributed by atoms with Crippen LogP contribution < -0.4 is 10.6 Å². The normalized spacial score (nSPS) is 31.0. The number of ether oxygens (including phenoxy) is 2. The molecule has 1 amide bonds. The molecule has 0 aromatic rings. The van der Waals surface area contributed by atoms with Gasteiger partial charge in [-0.2, -0.15) is 0 Å². The van der Waals surface area contributed by atoms with Crippen LogP contribution in [-0.2, 0) is 14.3 Å². The van der Waals surface area contributed by atoms with E-state index in [0.29, 0.717) is 26.4 Å². The maximum Gasteiger partial charge on any atom is 0.224 e. The van der Waals surface area contributed by atoms with Crippen molar-refractivity contribution in [1.29, 1.82) is 0 Å². The molecular weight excluding hydrogens is 208 g/mol. The Hall–Kier alpha value is -0.650. The topological polar surface area (TPSA) is 59.6 Å². The number of piperidine rings is 1. The predicted octanol–water partition coefficient (Wildman–Crippen LogP) is -0.482. The van der Waals surface area contributed by atoms with E-state index >= 15 is 0 Å². The summed E-state index contributed by atoms with van der Waals surface area (Å²) in [5.74, 6) is 0.264. The van der Waals surface area contributed by atoms with E-state index in [4.69, 9.17) is 9.47 Å². The zero-order valence-electron chi connectivity index (χ0n) is 9.54. The molecular formula is C11H20N2O3. The molecule has 0 aromatic carbocycles. The van der Waals surface area contributed by atoms with Crippen molar-refractivity contribution in [2.75, 3.05) is 39.5 Å². The van der Waals surface area contributed by atoms with Gasteiger partial charge in [0.1, 0.15) is 0 Å². The van der Waals surface area contributed by atoms with Gasteiger partial charge >= 0.3 is 0 Å². The summed E-state index contributed by atoms with van der Waals surface area (Å²) < 4.78 is 10.7. The molecule has 0 radical (unpaired) electrons. The molecule has 92 valence electrons. The third-order valence-corrected chi connectivity index (χ3v) is 3.06. The lowest BCUT2D eigenvalue weighted by Gasteiger charge is -2.25. The maximum atomic E-state index is 11.8. The first-order valence-corrected chi connectivity index (χ1v) is 6.04. The van der Waals surface area contributed by atoms with Gasteiger partial charge in [-0.25, -0.2) is 0 Å². The monoisotopic (exact) mass is 228 g/mol. The minimum absolute atomic E-state index is 0.0225. The molecule has 0 saturated carbocycles. The smallest absolute Gasteiger partial charge is 0.224 e. The molecule has 2 saturated heterocycles. The SMILES string of the molecule is O=C(NCC1COCCO1)[C@@H]1CCCNC1. The molecule has 0 aromatic heterocycles. The minimum atomic E-state index is 0.0225. The number of carbonyl (C=O) groups excluding carboxylic acids is 1. The van der Waals surface area contributed by atoms with Gasteiger partial charge < -0.3 is 20.1 Å². The van der Waals surface area contributed by atoms with Gasteiger partial charge in [-0.1, -0.05) is 0 Å². The molecule has 2 aliphatic heterocycles. The van der Waals surface area contributed by atoms with Crippen LogP contribution in [0.3, 0.4) is 0 Å². The fourth-order valence-electron chi connectivity index (χ4n) is 2.09. The molecule has 5 heteroatoms. The van der Waals surface area contributed by atoms with Crippen molar-refractivity contribution in [3.8, 4) is 0 Å². The highest BCUT2D eigenvalue weighted by molar-refractivity contribution is 5.78. The van der Waals surface area contributed by atoms with Gasteiger partial charge in [-0.3, -0.25) is 4.79 Å². The van der Waals surface area contributed by atoms with Crippen LogP contribution in [0.25, 0.3) is 0 Å². The van der Waals surface area contributed by atoms with E-state index in [1.54, 1.807) is 0 Å². The highest BCUT2D eigenvalue weighted by Gasteiger charge is 2.22. The Balaban J connectivity index is 1.65. The van der Waals surface area contributed by atoms with Gasteiger partial charge in [0, 0.05) is 13.1 Å². The highest BCUT2D eigenvalue weighted by atomic mass is 16.6. The Morgan fingerprint density at radius 1 is 1.44 bits per heavy atom. The second-order valence-corrected chi connectivity index (χ2v) is 4.36. The van der Waals surface area contributed by atoms with Gasteiger partial charge in [-0.15, -0.1) is 0 Å². The molecule has 16 heavy (non-hydrogen) atoms. The second-order valence-electron chi connectivity index (χ2n) is 4.36. The average Bonchev–Trinajstić information content (AvgIpc) is 2.38. The molecule has 1 unspecified atom stereocenters. The van der Waals surface area contributed by atoms with Crippen molar-refractivity contribution in [2.45, 2.75) is 18.9 Å². The Labute approximate surface area is 95.9 Å². The van der Waals surface area contributed by atoms with Crippen molar-refractivity contribution in [2.24, 2.45) is 5.92 Å². The van der Waals surface area contributed by atoms with Crippen LogP contribution in [0, 0.1) is 5.92 Å². The van der Waals surface area contributed by atoms with E-state index in [2.05, 4.69) is 10.6 Å². The summed E-state index contributed by atoms with van der Waals surface area (Å²) in [6.07, 6.45) is 2.09. The quantitative estimate of drug-likeness (QED) is 0.685. The first-order valence-electron chi connectivity index (χ1n) is 6.04. The van der Waals surface area contributed by atoms with E-state index in [-0.39, 0.29) is 17.9 Å². The zero-order valence-corrected chi connectivity index (χ0v) is 9.54. The van der Waals surface area contributed by atoms with Crippen molar-refractivity contribution >= 4 is 5.91 Å². The molecule has 2 heterocycles. The number of hydrogen-bond donors (Lipinski definition) is 2. The number of carbonyl (C=O) groups is 1. The molecule has 0 spiro atoms. The van der Waals surface area contributed by atoms with Gasteiger partial charge in [0.25, 0.3) is 0 Å². The number of rotatable bonds is 3. The lowest BCUT2D eigenvalue weighted by molar-refractivity contribution is -0.128. The van der Waals surface area contributed by atoms with Gasteiger partial charge in [-0.05, 0) is 19.4 Å². The van der Waals surface area contributed by atoms with Crippen LogP contribution >= 0.6 is 0 Å². The Morgan fingerprint density at radius 3 is 3.06 bits per heavy atom. The lowest BCUT2D eigenvalue weighted by Crippen LogP contribution is -2.45. The Bertz CT molecular complexity index is 223. The first-order chi connectivity index (χ1) is 7.86. The lowest BCUT2D eigenvalue weighted by atomic mass is 9.99. The molecule has 2 rings (SSSR count). The third-order valence-electron chi connectivity index (χ3n) is 3.06. The number of hydrogen-bond acceptors (Lipinski definition) is 4. The van der Waals surface area contributed by atoms with E-state index < -0.39 is 0 Å². The molecule has 0 aliphatic carbocycles. The molecule has 2 fully saturated rings. The first kappa shape index (κ1) is 11.8. The van der Waals surface area contributed by atoms with Gasteiger partial charge in [0.15, 0.2) is 0 Å². The summed E-state index contributed by atoms with van der Waals surface area (Å²) in [5.41, 5.74) is 0. The van der Waals surface area contributed by atoms with Crippen LogP contribution in [0.1, 0.15) is 12.8 Å². The summed E-state index contributed by atoms with van der Waals surface area (Å²) in [5, 5.41) is 6.18. The van der Waals surface area contributed by atoms with Gasteiger partial charge in [0.05, 0.1) is 31.8 Å². The standard InChI is InChI=1S/C11H20N2O3/c14-11(9-2-1-3-12-6-9)13-7-10-8-15-4-5-16-10/h9-10,12H,1-8H2,(H,13,14)/t9-,10?/m1/s1. The summed E-state index contributed by atoms with van der Waals surface area (Å²) in [6.45, 7) is 4.28. The largest absolute Gasteiger partial charge is 0.376 e. The predicted molar refractivity (Wildman–Crippen MR) is 59.2 cm³/mol. The molecule has 5 nitrogen and oxygen atoms in total. The van der Waals surface area contributed by atoms with Crippen LogP contribution in [0.5, 0.6) is 0 Å². The fraction of sp³-hybridized carbons (Fsp3) is 0.909. The average molecular weight is 228 g/mol. The molecule has 2 aliphatic rings. The summed E-state index contributed by atoms with van der Waals surface area (Å²) in [7, 11) is 0. The summed E-state index contributed by atoms with van der Waals surface area (Å²) in [6, 6.07) is 0. The van der Waals surface area contributed by atoms with E-state index in [1.165, 1.54) is 0 Å². The summed E-state index contributed by atoms with van der Waals surface area (Å²) >= 11 is 0. The Morgan fingerprint density at radius 2 is 2.38 bits per heavy atom. The number of nitrogens with one attached hydrogen (secondary N) is 2. The van der Waals surface area contributed by atoms with Crippen LogP contribution in [0.4, 0.5) is 0 Å². The molecule has 0 bridgehead atoms. The van der Waals surface area contributed by atoms with Gasteiger partial charge in [0.2, 0.25) is 5.91 Å². The van der Waals surface area contributed by atoms with Crippen molar-refractivity contribution in [3.63, 3.8) is 0 Å². The van der Waals surface area contributed by atoms with Crippen LogP contribution in [0.15, 0.2) is 0 Å². The van der Waals surface area contributed by atoms with E-state index in [0.717, 1.165) is 25.9 Å². The molecule has 2 N–H and O–H groups in total. The van der Waals surface area contributed by atoms with Crippen molar-refractivity contribution in [1.82, 2.24) is 10.6 Å². The molecule has 2 atom stereocenters. The fourth-order valence-corrected chi connectivity index (χ4v) is 2.09. The maximum absolute atomic E-state index is 11.8. The van der Waals surface area contributed by atoms with Crippen LogP contribution in [-0.4, -0.2) is 51.5 Å². The third kappa shape index (κ3) is 3.43. The number of amides is 1. The summed E-state index contributed by atoms with van der Waals surface area (Å²) in [4.78, 5) is 11.8. The van der Waals surface area contributed by atoms with Crippen molar-refractivity contribution in [3.05, 3.63) is 0 Å². The Kier molecular flexibility index (Phi) is 4.56. The van der Waals surface area contributed by atoms with E-state index in [1.807, 2.05) is 0 Å². The van der Waals surface area contributed by atoms with Crippen molar-refractivity contribution < 1.29 is 14.3 Å². The highest BCUT2D eigenvalue weighted by Crippen LogP contribution is 2.09.